The molecular weight excluding hydrogens is 440 g/mol. The third kappa shape index (κ3) is 4.52. The lowest BCUT2D eigenvalue weighted by Crippen LogP contribution is -1.94. The van der Waals surface area contributed by atoms with Gasteiger partial charge < -0.3 is 0 Å². The molecule has 6 rings (SSSR count). The Balaban J connectivity index is 1.45. The fourth-order valence-electron chi connectivity index (χ4n) is 4.28. The van der Waals surface area contributed by atoms with Gasteiger partial charge in [-0.1, -0.05) is 54.6 Å². The molecule has 2 aromatic carbocycles. The summed E-state index contributed by atoms with van der Waals surface area (Å²) in [6.45, 7) is 0. The Bertz CT molecular complexity index is 1560. The van der Waals surface area contributed by atoms with E-state index in [0.717, 1.165) is 56.2 Å². The molecule has 4 heterocycles. The fourth-order valence-corrected chi connectivity index (χ4v) is 4.28. The van der Waals surface area contributed by atoms with E-state index in [0.29, 0.717) is 0 Å². The lowest BCUT2D eigenvalue weighted by atomic mass is 9.96. The second kappa shape index (κ2) is 9.72. The standard InChI is InChI=1S/C32H22N4/c1-3-16-34-29(13-1)31-20-28(21-32(36-31)30-14-2-4-17-35-30)26-11-6-9-24(19-26)23-8-5-10-25(18-23)27-12-7-15-33-22-27/h1-22H. The molecule has 0 spiro atoms. The summed E-state index contributed by atoms with van der Waals surface area (Å²) in [6.07, 6.45) is 7.27. The molecule has 0 aliphatic rings. The van der Waals surface area contributed by atoms with Gasteiger partial charge in [0.05, 0.1) is 22.8 Å². The lowest BCUT2D eigenvalue weighted by Gasteiger charge is -2.11. The molecule has 0 unspecified atom stereocenters. The Morgan fingerprint density at radius 1 is 0.361 bits per heavy atom. The molecule has 0 amide bonds. The first kappa shape index (κ1) is 21.6. The quantitative estimate of drug-likeness (QED) is 0.265. The molecule has 0 saturated carbocycles. The zero-order chi connectivity index (χ0) is 24.2. The van der Waals surface area contributed by atoms with Crippen molar-refractivity contribution in [3.8, 4) is 56.2 Å². The first-order valence-electron chi connectivity index (χ1n) is 11.8. The van der Waals surface area contributed by atoms with Crippen molar-refractivity contribution in [3.05, 3.63) is 134 Å². The van der Waals surface area contributed by atoms with Gasteiger partial charge >= 0.3 is 0 Å². The zero-order valence-corrected chi connectivity index (χ0v) is 19.5. The van der Waals surface area contributed by atoms with Crippen molar-refractivity contribution in [1.82, 2.24) is 19.9 Å². The van der Waals surface area contributed by atoms with Crippen LogP contribution in [-0.4, -0.2) is 19.9 Å². The topological polar surface area (TPSA) is 51.6 Å². The molecule has 4 heteroatoms. The summed E-state index contributed by atoms with van der Waals surface area (Å²) in [4.78, 5) is 18.2. The van der Waals surface area contributed by atoms with Crippen LogP contribution in [-0.2, 0) is 0 Å². The monoisotopic (exact) mass is 462 g/mol. The van der Waals surface area contributed by atoms with Crippen LogP contribution in [0.2, 0.25) is 0 Å². The molecule has 0 saturated heterocycles. The zero-order valence-electron chi connectivity index (χ0n) is 19.5. The largest absolute Gasteiger partial charge is 0.264 e. The normalized spacial score (nSPS) is 10.8. The number of rotatable bonds is 5. The summed E-state index contributed by atoms with van der Waals surface area (Å²) >= 11 is 0. The fraction of sp³-hybridized carbons (Fsp3) is 0. The number of nitrogens with zero attached hydrogens (tertiary/aromatic N) is 4. The Hall–Kier alpha value is -4.96. The second-order valence-corrected chi connectivity index (χ2v) is 8.46. The Kier molecular flexibility index (Phi) is 5.83. The van der Waals surface area contributed by atoms with E-state index in [1.807, 2.05) is 48.7 Å². The molecule has 6 aromatic rings. The maximum absolute atomic E-state index is 4.89. The summed E-state index contributed by atoms with van der Waals surface area (Å²) in [5.41, 5.74) is 10.0. The van der Waals surface area contributed by atoms with Crippen LogP contribution in [0.5, 0.6) is 0 Å². The average Bonchev–Trinajstić information content (AvgIpc) is 2.98. The maximum atomic E-state index is 4.89. The number of hydrogen-bond acceptors (Lipinski definition) is 4. The van der Waals surface area contributed by atoms with Crippen LogP contribution < -0.4 is 0 Å². The van der Waals surface area contributed by atoms with E-state index in [4.69, 9.17) is 4.98 Å². The molecule has 4 aromatic heterocycles. The van der Waals surface area contributed by atoms with Crippen molar-refractivity contribution in [2.24, 2.45) is 0 Å². The Labute approximate surface area is 210 Å². The average molecular weight is 463 g/mol. The van der Waals surface area contributed by atoms with Gasteiger partial charge in [0.1, 0.15) is 0 Å². The van der Waals surface area contributed by atoms with Crippen LogP contribution in [0.1, 0.15) is 0 Å². The van der Waals surface area contributed by atoms with Gasteiger partial charge in [0, 0.05) is 30.4 Å². The highest BCUT2D eigenvalue weighted by molar-refractivity contribution is 5.79. The predicted molar refractivity (Wildman–Crippen MR) is 145 cm³/mol. The van der Waals surface area contributed by atoms with Crippen LogP contribution in [0.15, 0.2) is 134 Å². The van der Waals surface area contributed by atoms with Crippen molar-refractivity contribution in [2.45, 2.75) is 0 Å². The van der Waals surface area contributed by atoms with Gasteiger partial charge in [-0.05, 0) is 82.4 Å². The van der Waals surface area contributed by atoms with Crippen molar-refractivity contribution in [2.75, 3.05) is 0 Å². The maximum Gasteiger partial charge on any atom is 0.0900 e. The van der Waals surface area contributed by atoms with Crippen LogP contribution in [0.25, 0.3) is 56.2 Å². The number of hydrogen-bond donors (Lipinski definition) is 0. The highest BCUT2D eigenvalue weighted by Crippen LogP contribution is 2.32. The smallest absolute Gasteiger partial charge is 0.0900 e. The van der Waals surface area contributed by atoms with E-state index in [1.54, 1.807) is 18.6 Å². The summed E-state index contributed by atoms with van der Waals surface area (Å²) in [5.74, 6) is 0. The first-order valence-corrected chi connectivity index (χ1v) is 11.8. The molecule has 0 radical (unpaired) electrons. The van der Waals surface area contributed by atoms with Crippen molar-refractivity contribution >= 4 is 0 Å². The summed E-state index contributed by atoms with van der Waals surface area (Å²) in [7, 11) is 0. The molecule has 0 atom stereocenters. The number of benzene rings is 2. The minimum absolute atomic E-state index is 0.817. The van der Waals surface area contributed by atoms with Gasteiger partial charge in [0.25, 0.3) is 0 Å². The van der Waals surface area contributed by atoms with E-state index in [1.165, 1.54) is 0 Å². The first-order chi connectivity index (χ1) is 17.8. The molecular formula is C32H22N4. The molecule has 4 nitrogen and oxygen atoms in total. The van der Waals surface area contributed by atoms with E-state index in [9.17, 15) is 0 Å². The second-order valence-electron chi connectivity index (χ2n) is 8.46. The Morgan fingerprint density at radius 3 is 1.39 bits per heavy atom. The summed E-state index contributed by atoms with van der Waals surface area (Å²) in [6, 6.07) is 37.1. The highest BCUT2D eigenvalue weighted by Gasteiger charge is 2.11. The van der Waals surface area contributed by atoms with Crippen molar-refractivity contribution in [3.63, 3.8) is 0 Å². The van der Waals surface area contributed by atoms with Gasteiger partial charge in [0.2, 0.25) is 0 Å². The van der Waals surface area contributed by atoms with Gasteiger partial charge in [-0.25, -0.2) is 4.98 Å². The van der Waals surface area contributed by atoms with E-state index in [2.05, 4.69) is 81.7 Å². The van der Waals surface area contributed by atoms with E-state index >= 15 is 0 Å². The van der Waals surface area contributed by atoms with Crippen molar-refractivity contribution in [1.29, 1.82) is 0 Å². The molecule has 0 bridgehead atoms. The molecule has 0 N–H and O–H groups in total. The molecule has 0 aliphatic heterocycles. The minimum Gasteiger partial charge on any atom is -0.264 e. The molecule has 170 valence electrons. The van der Waals surface area contributed by atoms with Gasteiger partial charge in [-0.2, -0.15) is 0 Å². The molecule has 36 heavy (non-hydrogen) atoms. The summed E-state index contributed by atoms with van der Waals surface area (Å²) < 4.78 is 0. The SMILES string of the molecule is c1ccc(-c2cc(-c3cccc(-c4cccc(-c5cccnc5)c4)c3)cc(-c3ccccn3)n2)nc1. The van der Waals surface area contributed by atoms with E-state index < -0.39 is 0 Å². The number of aromatic nitrogens is 4. The molecule has 0 aliphatic carbocycles. The van der Waals surface area contributed by atoms with Gasteiger partial charge in [0.15, 0.2) is 0 Å². The lowest BCUT2D eigenvalue weighted by molar-refractivity contribution is 1.22. The third-order valence-electron chi connectivity index (χ3n) is 6.07. The third-order valence-corrected chi connectivity index (χ3v) is 6.07. The van der Waals surface area contributed by atoms with Gasteiger partial charge in [-0.3, -0.25) is 15.0 Å². The van der Waals surface area contributed by atoms with E-state index in [-0.39, 0.29) is 0 Å². The van der Waals surface area contributed by atoms with Gasteiger partial charge in [-0.15, -0.1) is 0 Å². The predicted octanol–water partition coefficient (Wildman–Crippen LogP) is 7.60. The highest BCUT2D eigenvalue weighted by atomic mass is 14.8. The summed E-state index contributed by atoms with van der Waals surface area (Å²) in [5, 5.41) is 0. The molecule has 0 fully saturated rings. The van der Waals surface area contributed by atoms with Crippen molar-refractivity contribution < 1.29 is 0 Å². The number of pyridine rings is 4. The minimum atomic E-state index is 0.817. The van der Waals surface area contributed by atoms with Crippen LogP contribution in [0.3, 0.4) is 0 Å². The van der Waals surface area contributed by atoms with Crippen LogP contribution in [0.4, 0.5) is 0 Å². The van der Waals surface area contributed by atoms with Crippen LogP contribution >= 0.6 is 0 Å². The Morgan fingerprint density at radius 2 is 0.889 bits per heavy atom. The van der Waals surface area contributed by atoms with Crippen LogP contribution in [0, 0.1) is 0 Å².